The standard InChI is InChI=1S/C15H20BrNO/c1-9-3-4-11(7-10(9)2)15(18)13-8-12(16)5-6-14(13)17/h5-6,8-11H,3-4,7,17H2,1-2H3. The number of hydrogen-bond donors (Lipinski definition) is 1. The fourth-order valence-corrected chi connectivity index (χ4v) is 3.11. The number of carbonyl (C=O) groups is 1. The quantitative estimate of drug-likeness (QED) is 0.654. The summed E-state index contributed by atoms with van der Waals surface area (Å²) in [5.41, 5.74) is 7.19. The van der Waals surface area contributed by atoms with Gasteiger partial charge in [0.25, 0.3) is 0 Å². The molecule has 3 unspecified atom stereocenters. The average molecular weight is 310 g/mol. The van der Waals surface area contributed by atoms with Crippen molar-refractivity contribution in [3.05, 3.63) is 28.2 Å². The molecule has 1 fully saturated rings. The SMILES string of the molecule is CC1CCC(C(=O)c2cc(Br)ccc2N)CC1C. The number of rotatable bonds is 2. The van der Waals surface area contributed by atoms with E-state index in [1.165, 1.54) is 0 Å². The van der Waals surface area contributed by atoms with Crippen LogP contribution in [0.1, 0.15) is 43.5 Å². The van der Waals surface area contributed by atoms with Crippen LogP contribution in [0.2, 0.25) is 0 Å². The zero-order valence-electron chi connectivity index (χ0n) is 10.9. The second-order valence-electron chi connectivity index (χ2n) is 5.56. The molecule has 1 saturated carbocycles. The summed E-state index contributed by atoms with van der Waals surface area (Å²) in [7, 11) is 0. The average Bonchev–Trinajstić information content (AvgIpc) is 2.35. The van der Waals surface area contributed by atoms with Crippen molar-refractivity contribution < 1.29 is 4.79 Å². The van der Waals surface area contributed by atoms with Crippen LogP contribution in [0, 0.1) is 17.8 Å². The summed E-state index contributed by atoms with van der Waals surface area (Å²) < 4.78 is 0.914. The Morgan fingerprint density at radius 1 is 1.28 bits per heavy atom. The van der Waals surface area contributed by atoms with Crippen LogP contribution in [0.5, 0.6) is 0 Å². The Morgan fingerprint density at radius 2 is 2.00 bits per heavy atom. The molecule has 1 aromatic rings. The summed E-state index contributed by atoms with van der Waals surface area (Å²) in [5.74, 6) is 1.72. The molecule has 2 N–H and O–H groups in total. The third-order valence-electron chi connectivity index (χ3n) is 4.25. The van der Waals surface area contributed by atoms with Crippen LogP contribution in [0.4, 0.5) is 5.69 Å². The van der Waals surface area contributed by atoms with Gasteiger partial charge in [-0.05, 0) is 49.3 Å². The molecule has 0 aromatic heterocycles. The molecule has 0 aliphatic heterocycles. The van der Waals surface area contributed by atoms with E-state index in [4.69, 9.17) is 5.73 Å². The second-order valence-corrected chi connectivity index (χ2v) is 6.48. The molecular weight excluding hydrogens is 290 g/mol. The fourth-order valence-electron chi connectivity index (χ4n) is 2.75. The third kappa shape index (κ3) is 2.77. The summed E-state index contributed by atoms with van der Waals surface area (Å²) >= 11 is 3.40. The smallest absolute Gasteiger partial charge is 0.168 e. The van der Waals surface area contributed by atoms with E-state index in [2.05, 4.69) is 29.8 Å². The lowest BCUT2D eigenvalue weighted by Gasteiger charge is -2.31. The van der Waals surface area contributed by atoms with E-state index < -0.39 is 0 Å². The molecule has 0 heterocycles. The van der Waals surface area contributed by atoms with E-state index in [1.54, 1.807) is 6.07 Å². The van der Waals surface area contributed by atoms with Crippen LogP contribution < -0.4 is 5.73 Å². The summed E-state index contributed by atoms with van der Waals surface area (Å²) in [4.78, 5) is 12.5. The number of halogens is 1. The number of anilines is 1. The molecular formula is C15H20BrNO. The Hall–Kier alpha value is -0.830. The van der Waals surface area contributed by atoms with Crippen molar-refractivity contribution in [3.63, 3.8) is 0 Å². The van der Waals surface area contributed by atoms with Crippen LogP contribution in [-0.2, 0) is 0 Å². The minimum atomic E-state index is 0.146. The molecule has 0 radical (unpaired) electrons. The van der Waals surface area contributed by atoms with Crippen LogP contribution in [-0.4, -0.2) is 5.78 Å². The highest BCUT2D eigenvalue weighted by molar-refractivity contribution is 9.10. The molecule has 3 heteroatoms. The van der Waals surface area contributed by atoms with E-state index >= 15 is 0 Å². The highest BCUT2D eigenvalue weighted by atomic mass is 79.9. The zero-order chi connectivity index (χ0) is 13.3. The molecule has 2 rings (SSSR count). The molecule has 1 aliphatic rings. The Balaban J connectivity index is 2.19. The minimum absolute atomic E-state index is 0.146. The Kier molecular flexibility index (Phi) is 4.10. The lowest BCUT2D eigenvalue weighted by atomic mass is 9.73. The molecule has 0 amide bonds. The van der Waals surface area contributed by atoms with Crippen molar-refractivity contribution >= 4 is 27.4 Å². The first kappa shape index (κ1) is 13.6. The molecule has 18 heavy (non-hydrogen) atoms. The monoisotopic (exact) mass is 309 g/mol. The van der Waals surface area contributed by atoms with Gasteiger partial charge < -0.3 is 5.73 Å². The summed E-state index contributed by atoms with van der Waals surface area (Å²) in [6.45, 7) is 4.52. The van der Waals surface area contributed by atoms with Gasteiger partial charge in [-0.25, -0.2) is 0 Å². The predicted molar refractivity (Wildman–Crippen MR) is 78.6 cm³/mol. The largest absolute Gasteiger partial charge is 0.398 e. The highest BCUT2D eigenvalue weighted by Crippen LogP contribution is 2.36. The number of benzene rings is 1. The van der Waals surface area contributed by atoms with Gasteiger partial charge in [0.1, 0.15) is 0 Å². The van der Waals surface area contributed by atoms with Gasteiger partial charge in [0.15, 0.2) is 5.78 Å². The van der Waals surface area contributed by atoms with Gasteiger partial charge in [-0.2, -0.15) is 0 Å². The van der Waals surface area contributed by atoms with Crippen LogP contribution in [0.15, 0.2) is 22.7 Å². The summed E-state index contributed by atoms with van der Waals surface area (Å²) in [6.07, 6.45) is 3.13. The predicted octanol–water partition coefficient (Wildman–Crippen LogP) is 4.29. The Bertz CT molecular complexity index is 458. The van der Waals surface area contributed by atoms with E-state index in [0.717, 1.165) is 29.7 Å². The second kappa shape index (κ2) is 5.43. The summed E-state index contributed by atoms with van der Waals surface area (Å²) in [6, 6.07) is 5.52. The number of hydrogen-bond acceptors (Lipinski definition) is 2. The molecule has 3 atom stereocenters. The van der Waals surface area contributed by atoms with Crippen LogP contribution in [0.3, 0.4) is 0 Å². The lowest BCUT2D eigenvalue weighted by Crippen LogP contribution is -2.27. The van der Waals surface area contributed by atoms with Gasteiger partial charge in [0.2, 0.25) is 0 Å². The van der Waals surface area contributed by atoms with Gasteiger partial charge >= 0.3 is 0 Å². The summed E-state index contributed by atoms with van der Waals surface area (Å²) in [5, 5.41) is 0. The van der Waals surface area contributed by atoms with Crippen molar-refractivity contribution in [1.29, 1.82) is 0 Å². The van der Waals surface area contributed by atoms with Crippen molar-refractivity contribution in [2.75, 3.05) is 5.73 Å². The normalized spacial score (nSPS) is 28.1. The van der Waals surface area contributed by atoms with Crippen LogP contribution in [0.25, 0.3) is 0 Å². The number of carbonyl (C=O) groups excluding carboxylic acids is 1. The van der Waals surface area contributed by atoms with Crippen molar-refractivity contribution in [2.45, 2.75) is 33.1 Å². The van der Waals surface area contributed by atoms with E-state index in [-0.39, 0.29) is 11.7 Å². The maximum absolute atomic E-state index is 12.5. The van der Waals surface area contributed by atoms with E-state index in [0.29, 0.717) is 17.2 Å². The third-order valence-corrected chi connectivity index (χ3v) is 4.74. The molecule has 2 nitrogen and oxygen atoms in total. The number of ketones is 1. The first-order valence-electron chi connectivity index (χ1n) is 6.58. The van der Waals surface area contributed by atoms with E-state index in [1.807, 2.05) is 12.1 Å². The molecule has 0 spiro atoms. The molecule has 0 saturated heterocycles. The fraction of sp³-hybridized carbons (Fsp3) is 0.533. The number of nitrogen functional groups attached to an aromatic ring is 1. The lowest BCUT2D eigenvalue weighted by molar-refractivity contribution is 0.0838. The molecule has 1 aromatic carbocycles. The highest BCUT2D eigenvalue weighted by Gasteiger charge is 2.30. The molecule has 98 valence electrons. The van der Waals surface area contributed by atoms with Gasteiger partial charge in [-0.15, -0.1) is 0 Å². The van der Waals surface area contributed by atoms with Crippen molar-refractivity contribution in [2.24, 2.45) is 17.8 Å². The minimum Gasteiger partial charge on any atom is -0.398 e. The first-order chi connectivity index (χ1) is 8.49. The number of Topliss-reactive ketones (excluding diaryl/α,β-unsaturated/α-hetero) is 1. The molecule has 0 bridgehead atoms. The topological polar surface area (TPSA) is 43.1 Å². The van der Waals surface area contributed by atoms with Gasteiger partial charge in [0.05, 0.1) is 0 Å². The maximum atomic E-state index is 12.5. The first-order valence-corrected chi connectivity index (χ1v) is 7.37. The Morgan fingerprint density at radius 3 is 2.67 bits per heavy atom. The van der Waals surface area contributed by atoms with Gasteiger partial charge in [-0.3, -0.25) is 4.79 Å². The maximum Gasteiger partial charge on any atom is 0.168 e. The van der Waals surface area contributed by atoms with Crippen molar-refractivity contribution in [3.8, 4) is 0 Å². The van der Waals surface area contributed by atoms with Gasteiger partial charge in [0, 0.05) is 21.6 Å². The van der Waals surface area contributed by atoms with Crippen molar-refractivity contribution in [1.82, 2.24) is 0 Å². The zero-order valence-corrected chi connectivity index (χ0v) is 12.5. The Labute approximate surface area is 117 Å². The van der Waals surface area contributed by atoms with Crippen LogP contribution >= 0.6 is 15.9 Å². The van der Waals surface area contributed by atoms with Gasteiger partial charge in [-0.1, -0.05) is 29.8 Å². The number of nitrogens with two attached hydrogens (primary N) is 1. The van der Waals surface area contributed by atoms with E-state index in [9.17, 15) is 4.79 Å². The molecule has 1 aliphatic carbocycles.